The fourth-order valence-electron chi connectivity index (χ4n) is 4.16. The third-order valence-electron chi connectivity index (χ3n) is 5.91. The summed E-state index contributed by atoms with van der Waals surface area (Å²) in [5.41, 5.74) is 3.23. The van der Waals surface area contributed by atoms with Crippen molar-refractivity contribution in [3.63, 3.8) is 0 Å². The summed E-state index contributed by atoms with van der Waals surface area (Å²) in [7, 11) is -3.97. The van der Waals surface area contributed by atoms with Crippen molar-refractivity contribution in [1.82, 2.24) is 0 Å². The zero-order chi connectivity index (χ0) is 24.0. The smallest absolute Gasteiger partial charge is 0.270 e. The first-order chi connectivity index (χ1) is 16.2. The maximum Gasteiger partial charge on any atom is 0.270 e. The van der Waals surface area contributed by atoms with Crippen LogP contribution in [0.15, 0.2) is 71.6 Å². The number of benzene rings is 3. The fraction of sp³-hybridized carbons (Fsp3) is 0.200. The molecule has 0 saturated carbocycles. The summed E-state index contributed by atoms with van der Waals surface area (Å²) < 4.78 is 34.5. The average molecular weight is 478 g/mol. The van der Waals surface area contributed by atoms with Crippen LogP contribution in [0.3, 0.4) is 0 Å². The highest BCUT2D eigenvalue weighted by molar-refractivity contribution is 7.92. The number of carbonyl (C=O) groups excluding carboxylic acids is 2. The van der Waals surface area contributed by atoms with Gasteiger partial charge in [0.2, 0.25) is 5.91 Å². The second-order valence-electron chi connectivity index (χ2n) is 8.42. The van der Waals surface area contributed by atoms with Crippen LogP contribution in [-0.2, 0) is 19.6 Å². The monoisotopic (exact) mass is 477 g/mol. The second kappa shape index (κ2) is 8.18. The minimum Gasteiger partial charge on any atom is -0.476 e. The number of nitrogens with zero attached hydrogens (tertiary/aromatic N) is 2. The van der Waals surface area contributed by atoms with E-state index in [9.17, 15) is 18.0 Å². The predicted octanol–water partition coefficient (Wildman–Crippen LogP) is 3.25. The zero-order valence-corrected chi connectivity index (χ0v) is 19.5. The first-order valence-corrected chi connectivity index (χ1v) is 12.2. The van der Waals surface area contributed by atoms with Gasteiger partial charge in [-0.1, -0.05) is 35.9 Å². The van der Waals surface area contributed by atoms with Gasteiger partial charge < -0.3 is 10.1 Å². The third kappa shape index (κ3) is 3.77. The summed E-state index contributed by atoms with van der Waals surface area (Å²) in [6.45, 7) is 3.34. The Morgan fingerprint density at radius 2 is 1.68 bits per heavy atom. The van der Waals surface area contributed by atoms with Crippen LogP contribution >= 0.6 is 0 Å². The molecular weight excluding hydrogens is 454 g/mol. The van der Waals surface area contributed by atoms with Gasteiger partial charge in [0.15, 0.2) is 6.10 Å². The number of rotatable bonds is 3. The van der Waals surface area contributed by atoms with Gasteiger partial charge in [-0.15, -0.1) is 0 Å². The van der Waals surface area contributed by atoms with Gasteiger partial charge in [-0.05, 0) is 55.8 Å². The maximum atomic E-state index is 13.6. The molecule has 5 rings (SSSR count). The lowest BCUT2D eigenvalue weighted by atomic mass is 10.1. The molecule has 0 aliphatic carbocycles. The quantitative estimate of drug-likeness (QED) is 0.625. The number of anilines is 3. The number of carbonyl (C=O) groups is 2. The molecule has 0 unspecified atom stereocenters. The van der Waals surface area contributed by atoms with Crippen LogP contribution in [0.4, 0.5) is 17.1 Å². The van der Waals surface area contributed by atoms with E-state index in [0.29, 0.717) is 22.8 Å². The van der Waals surface area contributed by atoms with Crippen molar-refractivity contribution in [2.75, 3.05) is 27.6 Å². The maximum absolute atomic E-state index is 13.6. The third-order valence-corrected chi connectivity index (χ3v) is 7.70. The number of nitrogens with one attached hydrogen (secondary N) is 1. The van der Waals surface area contributed by atoms with Gasteiger partial charge in [-0.2, -0.15) is 0 Å². The largest absolute Gasteiger partial charge is 0.476 e. The van der Waals surface area contributed by atoms with Crippen LogP contribution in [0.1, 0.15) is 11.1 Å². The molecule has 0 aromatic heterocycles. The molecule has 1 N–H and O–H groups in total. The highest BCUT2D eigenvalue weighted by Crippen LogP contribution is 2.39. The molecule has 3 aromatic carbocycles. The van der Waals surface area contributed by atoms with E-state index >= 15 is 0 Å². The molecule has 174 valence electrons. The number of aryl methyl sites for hydroxylation is 2. The summed E-state index contributed by atoms with van der Waals surface area (Å²) in [5.74, 6) is -0.517. The highest BCUT2D eigenvalue weighted by atomic mass is 32.2. The van der Waals surface area contributed by atoms with Crippen LogP contribution in [-0.4, -0.2) is 39.4 Å². The molecule has 0 radical (unpaired) electrons. The van der Waals surface area contributed by atoms with E-state index in [2.05, 4.69) is 5.32 Å². The van der Waals surface area contributed by atoms with Crippen molar-refractivity contribution < 1.29 is 22.7 Å². The van der Waals surface area contributed by atoms with Gasteiger partial charge in [-0.3, -0.25) is 18.8 Å². The van der Waals surface area contributed by atoms with Gasteiger partial charge in [0.1, 0.15) is 12.3 Å². The van der Waals surface area contributed by atoms with E-state index in [1.54, 1.807) is 66.7 Å². The summed E-state index contributed by atoms with van der Waals surface area (Å²) in [6, 6.07) is 18.7. The second-order valence-corrected chi connectivity index (χ2v) is 10.3. The molecule has 34 heavy (non-hydrogen) atoms. The SMILES string of the molecule is Cc1ccc(S(=O)(=O)N2C[C@@H](C(=O)N3CC(=O)Nc4ccccc43)Oc3cc(C)ccc32)cc1. The molecule has 3 aromatic rings. The fourth-order valence-corrected chi connectivity index (χ4v) is 5.63. The molecule has 2 amide bonds. The molecule has 2 heterocycles. The Hall–Kier alpha value is -3.85. The molecule has 0 saturated heterocycles. The Balaban J connectivity index is 1.55. The van der Waals surface area contributed by atoms with Gasteiger partial charge >= 0.3 is 0 Å². The lowest BCUT2D eigenvalue weighted by Gasteiger charge is -2.38. The molecule has 1 atom stereocenters. The zero-order valence-electron chi connectivity index (χ0n) is 18.7. The number of hydrogen-bond donors (Lipinski definition) is 1. The van der Waals surface area contributed by atoms with Gasteiger partial charge in [0, 0.05) is 0 Å². The van der Waals surface area contributed by atoms with E-state index in [-0.39, 0.29) is 23.9 Å². The Labute approximate surface area is 197 Å². The van der Waals surface area contributed by atoms with E-state index < -0.39 is 22.0 Å². The van der Waals surface area contributed by atoms with Crippen LogP contribution in [0, 0.1) is 13.8 Å². The van der Waals surface area contributed by atoms with Crippen molar-refractivity contribution in [2.45, 2.75) is 24.8 Å². The van der Waals surface area contributed by atoms with E-state index in [1.165, 1.54) is 9.21 Å². The molecule has 0 spiro atoms. The number of amides is 2. The molecule has 0 bridgehead atoms. The minimum atomic E-state index is -3.97. The number of fused-ring (bicyclic) bond motifs is 2. The van der Waals surface area contributed by atoms with Crippen molar-refractivity contribution in [1.29, 1.82) is 0 Å². The first-order valence-electron chi connectivity index (χ1n) is 10.8. The van der Waals surface area contributed by atoms with Gasteiger partial charge in [-0.25, -0.2) is 8.42 Å². The number of sulfonamides is 1. The van der Waals surface area contributed by atoms with Crippen LogP contribution in [0.25, 0.3) is 0 Å². The lowest BCUT2D eigenvalue weighted by Crippen LogP contribution is -2.54. The van der Waals surface area contributed by atoms with Crippen molar-refractivity contribution in [3.05, 3.63) is 77.9 Å². The summed E-state index contributed by atoms with van der Waals surface area (Å²) in [5, 5.41) is 2.75. The molecule has 9 heteroatoms. The van der Waals surface area contributed by atoms with Gasteiger partial charge in [0.05, 0.1) is 28.5 Å². The first kappa shape index (κ1) is 22.0. The summed E-state index contributed by atoms with van der Waals surface area (Å²) in [4.78, 5) is 27.3. The van der Waals surface area contributed by atoms with Crippen molar-refractivity contribution >= 4 is 38.9 Å². The molecule has 8 nitrogen and oxygen atoms in total. The van der Waals surface area contributed by atoms with E-state index in [1.807, 2.05) is 13.8 Å². The Morgan fingerprint density at radius 3 is 2.44 bits per heavy atom. The highest BCUT2D eigenvalue weighted by Gasteiger charge is 2.41. The number of ether oxygens (including phenoxy) is 1. The number of para-hydroxylation sites is 2. The minimum absolute atomic E-state index is 0.125. The van der Waals surface area contributed by atoms with Crippen LogP contribution in [0.2, 0.25) is 0 Å². The topological polar surface area (TPSA) is 96.0 Å². The number of hydrogen-bond acceptors (Lipinski definition) is 5. The Kier molecular flexibility index (Phi) is 5.28. The normalized spacial score (nSPS) is 17.4. The molecule has 0 fully saturated rings. The van der Waals surface area contributed by atoms with Crippen LogP contribution < -0.4 is 19.3 Å². The Morgan fingerprint density at radius 1 is 0.971 bits per heavy atom. The summed E-state index contributed by atoms with van der Waals surface area (Å²) in [6.07, 6.45) is -1.13. The predicted molar refractivity (Wildman–Crippen MR) is 129 cm³/mol. The van der Waals surface area contributed by atoms with Crippen molar-refractivity contribution in [2.24, 2.45) is 0 Å². The lowest BCUT2D eigenvalue weighted by molar-refractivity contribution is -0.127. The van der Waals surface area contributed by atoms with Crippen molar-refractivity contribution in [3.8, 4) is 5.75 Å². The molecule has 2 aliphatic heterocycles. The average Bonchev–Trinajstić information content (AvgIpc) is 2.82. The van der Waals surface area contributed by atoms with Gasteiger partial charge in [0.25, 0.3) is 15.9 Å². The van der Waals surface area contributed by atoms with E-state index in [0.717, 1.165) is 11.1 Å². The standard InChI is InChI=1S/C25H23N3O5S/c1-16-7-10-18(11-8-16)34(31,32)28-14-23(33-22-13-17(2)9-12-21(22)28)25(30)27-15-24(29)26-19-5-3-4-6-20(19)27/h3-13,23H,14-15H2,1-2H3,(H,26,29)/t23-/m0/s1. The van der Waals surface area contributed by atoms with Crippen LogP contribution in [0.5, 0.6) is 5.75 Å². The molecule has 2 aliphatic rings. The Bertz CT molecular complexity index is 1400. The summed E-state index contributed by atoms with van der Waals surface area (Å²) >= 11 is 0. The molecular formula is C25H23N3O5S. The van der Waals surface area contributed by atoms with E-state index in [4.69, 9.17) is 4.74 Å².